The summed E-state index contributed by atoms with van der Waals surface area (Å²) in [6.45, 7) is 2.60. The molecule has 0 fully saturated rings. The third-order valence-electron chi connectivity index (χ3n) is 3.52. The Morgan fingerprint density at radius 1 is 1.17 bits per heavy atom. The van der Waals surface area contributed by atoms with Crippen LogP contribution in [0, 0.1) is 0 Å². The van der Waals surface area contributed by atoms with Gasteiger partial charge in [0.2, 0.25) is 0 Å². The zero-order chi connectivity index (χ0) is 16.5. The largest absolute Gasteiger partial charge is 0.287 e. The van der Waals surface area contributed by atoms with Crippen LogP contribution in [0.15, 0.2) is 43.6 Å². The third-order valence-corrected chi connectivity index (χ3v) is 7.04. The number of thioether (sulfide) groups is 1. The first kappa shape index (κ1) is 16.0. The maximum Gasteiger partial charge on any atom is 0.272 e. The summed E-state index contributed by atoms with van der Waals surface area (Å²) in [5.74, 6) is 0.711. The molecule has 0 saturated heterocycles. The standard InChI is InChI=1S/C16H13N3OS4/c1-2-19-15(20)13-12(4-6-22-13)18-16(19)24-9-11-8-23-14(17-11)10-3-5-21-7-10/h3-8H,2,9H2,1H3. The lowest BCUT2D eigenvalue weighted by molar-refractivity contribution is 0.635. The number of nitrogens with zero attached hydrogens (tertiary/aromatic N) is 3. The van der Waals surface area contributed by atoms with Crippen LogP contribution in [-0.4, -0.2) is 14.5 Å². The van der Waals surface area contributed by atoms with E-state index in [2.05, 4.69) is 32.2 Å². The molecule has 0 atom stereocenters. The van der Waals surface area contributed by atoms with Gasteiger partial charge in [-0.15, -0.1) is 22.7 Å². The van der Waals surface area contributed by atoms with Crippen LogP contribution in [0.1, 0.15) is 12.6 Å². The fraction of sp³-hybridized carbons (Fsp3) is 0.188. The number of aromatic nitrogens is 3. The van der Waals surface area contributed by atoms with Crippen molar-refractivity contribution in [2.24, 2.45) is 0 Å². The Morgan fingerprint density at radius 2 is 2.08 bits per heavy atom. The van der Waals surface area contributed by atoms with Crippen molar-refractivity contribution in [3.8, 4) is 10.6 Å². The van der Waals surface area contributed by atoms with E-state index in [0.29, 0.717) is 12.3 Å². The Bertz CT molecular complexity index is 1030. The molecule has 4 nitrogen and oxygen atoms in total. The van der Waals surface area contributed by atoms with Crippen molar-refractivity contribution >= 4 is 56.0 Å². The highest BCUT2D eigenvalue weighted by Gasteiger charge is 2.12. The van der Waals surface area contributed by atoms with Crippen LogP contribution < -0.4 is 5.56 Å². The molecule has 0 N–H and O–H groups in total. The highest BCUT2D eigenvalue weighted by molar-refractivity contribution is 7.98. The molecular formula is C16H13N3OS4. The van der Waals surface area contributed by atoms with E-state index < -0.39 is 0 Å². The Morgan fingerprint density at radius 3 is 2.88 bits per heavy atom. The summed E-state index contributed by atoms with van der Waals surface area (Å²) in [5.41, 5.74) is 3.03. The SMILES string of the molecule is CCn1c(SCc2csc(-c3ccsc3)n2)nc2ccsc2c1=O. The lowest BCUT2D eigenvalue weighted by Crippen LogP contribution is -2.21. The minimum Gasteiger partial charge on any atom is -0.287 e. The van der Waals surface area contributed by atoms with Crippen molar-refractivity contribution in [1.82, 2.24) is 14.5 Å². The average Bonchev–Trinajstić information content (AvgIpc) is 3.32. The van der Waals surface area contributed by atoms with E-state index in [0.717, 1.165) is 26.1 Å². The number of hydrogen-bond acceptors (Lipinski definition) is 7. The molecule has 24 heavy (non-hydrogen) atoms. The van der Waals surface area contributed by atoms with E-state index in [1.54, 1.807) is 39.0 Å². The summed E-state index contributed by atoms with van der Waals surface area (Å²) in [6.07, 6.45) is 0. The second-order valence-corrected chi connectivity index (χ2v) is 8.52. The Hall–Kier alpha value is -1.48. The van der Waals surface area contributed by atoms with Crippen molar-refractivity contribution in [2.75, 3.05) is 0 Å². The molecule has 8 heteroatoms. The van der Waals surface area contributed by atoms with Crippen LogP contribution in [0.5, 0.6) is 0 Å². The number of thiophene rings is 2. The van der Waals surface area contributed by atoms with Gasteiger partial charge in [-0.2, -0.15) is 11.3 Å². The van der Waals surface area contributed by atoms with Gasteiger partial charge in [-0.25, -0.2) is 9.97 Å². The quantitative estimate of drug-likeness (QED) is 0.356. The molecule has 122 valence electrons. The van der Waals surface area contributed by atoms with Gasteiger partial charge in [-0.1, -0.05) is 11.8 Å². The second kappa shape index (κ2) is 6.79. The summed E-state index contributed by atoms with van der Waals surface area (Å²) >= 11 is 6.36. The van der Waals surface area contributed by atoms with Crippen molar-refractivity contribution in [1.29, 1.82) is 0 Å². The van der Waals surface area contributed by atoms with Gasteiger partial charge in [-0.3, -0.25) is 9.36 Å². The van der Waals surface area contributed by atoms with Gasteiger partial charge in [0.15, 0.2) is 5.16 Å². The van der Waals surface area contributed by atoms with Crippen LogP contribution >= 0.6 is 45.8 Å². The normalized spacial score (nSPS) is 11.4. The molecule has 0 aromatic carbocycles. The Labute approximate surface area is 154 Å². The maximum atomic E-state index is 12.5. The summed E-state index contributed by atoms with van der Waals surface area (Å²) < 4.78 is 2.48. The van der Waals surface area contributed by atoms with Gasteiger partial charge < -0.3 is 0 Å². The fourth-order valence-electron chi connectivity index (χ4n) is 2.34. The summed E-state index contributed by atoms with van der Waals surface area (Å²) in [6, 6.07) is 3.99. The number of rotatable bonds is 5. The summed E-state index contributed by atoms with van der Waals surface area (Å²) in [5, 5.41) is 9.97. The lowest BCUT2D eigenvalue weighted by Gasteiger charge is -2.08. The number of fused-ring (bicyclic) bond motifs is 1. The van der Waals surface area contributed by atoms with Gasteiger partial charge in [0.05, 0.1) is 11.2 Å². The van der Waals surface area contributed by atoms with Crippen molar-refractivity contribution < 1.29 is 0 Å². The van der Waals surface area contributed by atoms with Crippen LogP contribution in [0.2, 0.25) is 0 Å². The molecule has 0 saturated carbocycles. The first-order valence-corrected chi connectivity index (χ1v) is 11.0. The molecule has 4 heterocycles. The van der Waals surface area contributed by atoms with Crippen LogP contribution in [0.3, 0.4) is 0 Å². The Kier molecular flexibility index (Phi) is 4.53. The van der Waals surface area contributed by atoms with Crippen molar-refractivity contribution in [3.05, 3.63) is 49.7 Å². The van der Waals surface area contributed by atoms with E-state index in [1.165, 1.54) is 16.9 Å². The van der Waals surface area contributed by atoms with E-state index >= 15 is 0 Å². The van der Waals surface area contributed by atoms with Crippen LogP contribution in [-0.2, 0) is 12.3 Å². The molecule has 0 spiro atoms. The highest BCUT2D eigenvalue weighted by atomic mass is 32.2. The molecule has 4 aromatic rings. The zero-order valence-electron chi connectivity index (χ0n) is 12.8. The van der Waals surface area contributed by atoms with Crippen LogP contribution in [0.4, 0.5) is 0 Å². The molecule has 0 amide bonds. The molecule has 0 radical (unpaired) electrons. The first-order chi connectivity index (χ1) is 11.8. The van der Waals surface area contributed by atoms with Gasteiger partial charge >= 0.3 is 0 Å². The van der Waals surface area contributed by atoms with E-state index in [9.17, 15) is 4.79 Å². The topological polar surface area (TPSA) is 47.8 Å². The van der Waals surface area contributed by atoms with Crippen LogP contribution in [0.25, 0.3) is 20.8 Å². The van der Waals surface area contributed by atoms with Gasteiger partial charge in [0.1, 0.15) is 9.71 Å². The fourth-order valence-corrected chi connectivity index (χ4v) is 5.71. The molecule has 0 aliphatic carbocycles. The van der Waals surface area contributed by atoms with Crippen molar-refractivity contribution in [2.45, 2.75) is 24.4 Å². The highest BCUT2D eigenvalue weighted by Crippen LogP contribution is 2.29. The van der Waals surface area contributed by atoms with Crippen molar-refractivity contribution in [3.63, 3.8) is 0 Å². The molecule has 4 rings (SSSR count). The smallest absolute Gasteiger partial charge is 0.272 e. The van der Waals surface area contributed by atoms with E-state index in [4.69, 9.17) is 0 Å². The van der Waals surface area contributed by atoms with Gasteiger partial charge in [0, 0.05) is 28.6 Å². The summed E-state index contributed by atoms with van der Waals surface area (Å²) in [4.78, 5) is 21.9. The van der Waals surface area contributed by atoms with Gasteiger partial charge in [-0.05, 0) is 29.8 Å². The number of hydrogen-bond donors (Lipinski definition) is 0. The molecule has 0 bridgehead atoms. The third kappa shape index (κ3) is 2.95. The predicted molar refractivity (Wildman–Crippen MR) is 105 cm³/mol. The maximum absolute atomic E-state index is 12.5. The first-order valence-electron chi connectivity index (χ1n) is 7.34. The molecule has 0 unspecified atom stereocenters. The minimum atomic E-state index is 0.0530. The van der Waals surface area contributed by atoms with E-state index in [1.807, 2.05) is 18.4 Å². The monoisotopic (exact) mass is 391 g/mol. The predicted octanol–water partition coefficient (Wildman–Crippen LogP) is 4.96. The molecular weight excluding hydrogens is 378 g/mol. The molecule has 4 aromatic heterocycles. The Balaban J connectivity index is 1.60. The molecule has 0 aliphatic rings. The summed E-state index contributed by atoms with van der Waals surface area (Å²) in [7, 11) is 0. The second-order valence-electron chi connectivity index (χ2n) is 5.02. The minimum absolute atomic E-state index is 0.0530. The van der Waals surface area contributed by atoms with Gasteiger partial charge in [0.25, 0.3) is 5.56 Å². The van der Waals surface area contributed by atoms with E-state index in [-0.39, 0.29) is 5.56 Å². The average molecular weight is 392 g/mol. The zero-order valence-corrected chi connectivity index (χ0v) is 16.0. The molecule has 0 aliphatic heterocycles. The lowest BCUT2D eigenvalue weighted by atomic mass is 10.4. The number of thiazole rings is 1.